The van der Waals surface area contributed by atoms with Crippen LogP contribution in [0.5, 0.6) is 11.5 Å². The van der Waals surface area contributed by atoms with Crippen molar-refractivity contribution in [1.29, 1.82) is 0 Å². The highest BCUT2D eigenvalue weighted by molar-refractivity contribution is 6.05. The molecule has 0 aliphatic carbocycles. The van der Waals surface area contributed by atoms with Crippen LogP contribution < -0.4 is 10.1 Å². The lowest BCUT2D eigenvalue weighted by molar-refractivity contribution is -0.143. The Balaban J connectivity index is 1.54. The molecule has 0 saturated carbocycles. The number of nitrogens with zero attached hydrogens (tertiary/aromatic N) is 2. The lowest BCUT2D eigenvalue weighted by atomic mass is 10.2. The van der Waals surface area contributed by atoms with Crippen molar-refractivity contribution in [2.75, 3.05) is 5.32 Å². The molecule has 0 bridgehead atoms. The first-order chi connectivity index (χ1) is 15.3. The zero-order valence-electron chi connectivity index (χ0n) is 16.9. The minimum Gasteiger partial charge on any atom is -0.457 e. The molecule has 4 rings (SSSR count). The van der Waals surface area contributed by atoms with E-state index in [4.69, 9.17) is 4.74 Å². The van der Waals surface area contributed by atoms with E-state index in [1.807, 2.05) is 31.2 Å². The summed E-state index contributed by atoms with van der Waals surface area (Å²) in [6.45, 7) is 1.97. The number of carbonyl (C=O) groups excluding carboxylic acids is 1. The largest absolute Gasteiger partial charge is 0.457 e. The summed E-state index contributed by atoms with van der Waals surface area (Å²) in [5, 5.41) is 6.28. The monoisotopic (exact) mass is 437 g/mol. The van der Waals surface area contributed by atoms with Crippen LogP contribution in [-0.2, 0) is 6.18 Å². The van der Waals surface area contributed by atoms with Gasteiger partial charge in [0.15, 0.2) is 5.69 Å². The number of aryl methyl sites for hydroxylation is 1. The molecule has 32 heavy (non-hydrogen) atoms. The van der Waals surface area contributed by atoms with E-state index < -0.39 is 23.3 Å². The number of amides is 1. The van der Waals surface area contributed by atoms with Crippen molar-refractivity contribution in [2.45, 2.75) is 13.1 Å². The van der Waals surface area contributed by atoms with E-state index in [2.05, 4.69) is 10.4 Å². The number of hydrogen-bond donors (Lipinski definition) is 1. The van der Waals surface area contributed by atoms with Gasteiger partial charge in [0, 0.05) is 5.69 Å². The number of rotatable bonds is 5. The third-order valence-corrected chi connectivity index (χ3v) is 4.65. The van der Waals surface area contributed by atoms with Gasteiger partial charge in [0.2, 0.25) is 0 Å². The topological polar surface area (TPSA) is 56.1 Å². The SMILES string of the molecule is Cc1ccc(Oc2ccc(NC(=O)c3cnn(-c4ccccc4)c3C(F)(F)F)cc2)cc1. The molecule has 0 aliphatic rings. The Kier molecular flexibility index (Phi) is 5.68. The van der Waals surface area contributed by atoms with E-state index >= 15 is 0 Å². The highest BCUT2D eigenvalue weighted by Gasteiger charge is 2.40. The number of alkyl halides is 3. The van der Waals surface area contributed by atoms with Crippen LogP contribution in [-0.4, -0.2) is 15.7 Å². The molecule has 3 aromatic carbocycles. The van der Waals surface area contributed by atoms with E-state index in [1.54, 1.807) is 42.5 Å². The van der Waals surface area contributed by atoms with Crippen LogP contribution in [0.1, 0.15) is 21.6 Å². The maximum atomic E-state index is 13.8. The van der Waals surface area contributed by atoms with Crippen LogP contribution in [0.25, 0.3) is 5.69 Å². The first-order valence-corrected chi connectivity index (χ1v) is 9.68. The molecule has 1 amide bonds. The summed E-state index contributed by atoms with van der Waals surface area (Å²) in [5.74, 6) is 0.266. The van der Waals surface area contributed by atoms with Crippen LogP contribution in [0.4, 0.5) is 18.9 Å². The molecule has 8 heteroatoms. The summed E-state index contributed by atoms with van der Waals surface area (Å²) in [6.07, 6.45) is -3.86. The number of ether oxygens (including phenoxy) is 1. The molecule has 5 nitrogen and oxygen atoms in total. The quantitative estimate of drug-likeness (QED) is 0.402. The molecule has 0 fully saturated rings. The van der Waals surface area contributed by atoms with E-state index in [0.717, 1.165) is 11.8 Å². The van der Waals surface area contributed by atoms with Crippen LogP contribution in [0, 0.1) is 6.92 Å². The molecular formula is C24H18F3N3O2. The fourth-order valence-electron chi connectivity index (χ4n) is 3.10. The van der Waals surface area contributed by atoms with Gasteiger partial charge >= 0.3 is 6.18 Å². The molecule has 0 saturated heterocycles. The van der Waals surface area contributed by atoms with Gasteiger partial charge in [0.1, 0.15) is 11.5 Å². The Morgan fingerprint density at radius 1 is 0.906 bits per heavy atom. The Hall–Kier alpha value is -4.07. The number of aromatic nitrogens is 2. The third-order valence-electron chi connectivity index (χ3n) is 4.65. The average Bonchev–Trinajstić information content (AvgIpc) is 3.23. The van der Waals surface area contributed by atoms with Crippen LogP contribution in [0.2, 0.25) is 0 Å². The van der Waals surface area contributed by atoms with Crippen molar-refractivity contribution in [2.24, 2.45) is 0 Å². The predicted molar refractivity (Wildman–Crippen MR) is 114 cm³/mol. The summed E-state index contributed by atoms with van der Waals surface area (Å²) >= 11 is 0. The Bertz CT molecular complexity index is 1220. The molecule has 0 unspecified atom stereocenters. The molecule has 0 aliphatic heterocycles. The van der Waals surface area contributed by atoms with Gasteiger partial charge in [0.25, 0.3) is 5.91 Å². The minimum absolute atomic E-state index is 0.205. The van der Waals surface area contributed by atoms with Crippen LogP contribution >= 0.6 is 0 Å². The lowest BCUT2D eigenvalue weighted by Gasteiger charge is -2.13. The van der Waals surface area contributed by atoms with Gasteiger partial charge in [-0.3, -0.25) is 4.79 Å². The fraction of sp³-hybridized carbons (Fsp3) is 0.0833. The molecule has 1 N–H and O–H groups in total. The average molecular weight is 437 g/mol. The van der Waals surface area contributed by atoms with Gasteiger partial charge < -0.3 is 10.1 Å². The van der Waals surface area contributed by atoms with Crippen LogP contribution in [0.15, 0.2) is 85.1 Å². The molecule has 4 aromatic rings. The smallest absolute Gasteiger partial charge is 0.434 e. The fourth-order valence-corrected chi connectivity index (χ4v) is 3.10. The van der Waals surface area contributed by atoms with Gasteiger partial charge in [-0.2, -0.15) is 18.3 Å². The van der Waals surface area contributed by atoms with Crippen molar-refractivity contribution >= 4 is 11.6 Å². The van der Waals surface area contributed by atoms with E-state index in [1.165, 1.54) is 12.1 Å². The Morgan fingerprint density at radius 2 is 1.50 bits per heavy atom. The Labute approximate surface area is 182 Å². The summed E-state index contributed by atoms with van der Waals surface area (Å²) in [6, 6.07) is 21.7. The summed E-state index contributed by atoms with van der Waals surface area (Å²) in [4.78, 5) is 12.6. The van der Waals surface area contributed by atoms with Crippen molar-refractivity contribution in [3.63, 3.8) is 0 Å². The second-order valence-electron chi connectivity index (χ2n) is 7.05. The molecule has 1 heterocycles. The number of hydrogen-bond acceptors (Lipinski definition) is 3. The summed E-state index contributed by atoms with van der Waals surface area (Å²) in [7, 11) is 0. The first kappa shape index (κ1) is 21.2. The minimum atomic E-state index is -4.77. The number of carbonyl (C=O) groups is 1. The molecule has 1 aromatic heterocycles. The van der Waals surface area contributed by atoms with Crippen molar-refractivity contribution in [3.8, 4) is 17.2 Å². The molecule has 0 spiro atoms. The van der Waals surface area contributed by atoms with E-state index in [-0.39, 0.29) is 5.69 Å². The number of anilines is 1. The molecule has 0 radical (unpaired) electrons. The van der Waals surface area contributed by atoms with E-state index in [0.29, 0.717) is 21.9 Å². The highest BCUT2D eigenvalue weighted by Crippen LogP contribution is 2.34. The van der Waals surface area contributed by atoms with Gasteiger partial charge in [-0.05, 0) is 55.5 Å². The second-order valence-corrected chi connectivity index (χ2v) is 7.05. The zero-order valence-corrected chi connectivity index (χ0v) is 16.9. The van der Waals surface area contributed by atoms with Crippen molar-refractivity contribution in [1.82, 2.24) is 9.78 Å². The molecule has 0 atom stereocenters. The van der Waals surface area contributed by atoms with Crippen molar-refractivity contribution < 1.29 is 22.7 Å². The Morgan fingerprint density at radius 3 is 2.09 bits per heavy atom. The highest BCUT2D eigenvalue weighted by atomic mass is 19.4. The first-order valence-electron chi connectivity index (χ1n) is 9.68. The summed E-state index contributed by atoms with van der Waals surface area (Å²) in [5.41, 5.74) is -0.0746. The molecule has 162 valence electrons. The maximum absolute atomic E-state index is 13.8. The normalized spacial score (nSPS) is 11.2. The van der Waals surface area contributed by atoms with E-state index in [9.17, 15) is 18.0 Å². The third kappa shape index (κ3) is 4.64. The zero-order chi connectivity index (χ0) is 22.7. The van der Waals surface area contributed by atoms with Gasteiger partial charge in [-0.25, -0.2) is 4.68 Å². The number of halogens is 3. The maximum Gasteiger partial charge on any atom is 0.434 e. The number of nitrogens with one attached hydrogen (secondary N) is 1. The van der Waals surface area contributed by atoms with Gasteiger partial charge in [-0.15, -0.1) is 0 Å². The van der Waals surface area contributed by atoms with Crippen LogP contribution in [0.3, 0.4) is 0 Å². The van der Waals surface area contributed by atoms with Crippen molar-refractivity contribution in [3.05, 3.63) is 102 Å². The van der Waals surface area contributed by atoms with Gasteiger partial charge in [0.05, 0.1) is 17.4 Å². The number of benzene rings is 3. The lowest BCUT2D eigenvalue weighted by Crippen LogP contribution is -2.20. The standard InChI is InChI=1S/C24H18F3N3O2/c1-16-7-11-19(12-8-16)32-20-13-9-17(10-14-20)29-23(31)21-15-28-30(22(21)24(25,26)27)18-5-3-2-4-6-18/h2-15H,1H3,(H,29,31). The molecular weight excluding hydrogens is 419 g/mol. The summed E-state index contributed by atoms with van der Waals surface area (Å²) < 4.78 is 47.7. The number of para-hydroxylation sites is 1. The second kappa shape index (κ2) is 8.58. The predicted octanol–water partition coefficient (Wildman–Crippen LogP) is 6.24. The van der Waals surface area contributed by atoms with Gasteiger partial charge in [-0.1, -0.05) is 35.9 Å².